The lowest BCUT2D eigenvalue weighted by Gasteiger charge is -2.21. The maximum Gasteiger partial charge on any atom is 0.296 e. The van der Waals surface area contributed by atoms with Crippen LogP contribution >= 0.6 is 0 Å². The van der Waals surface area contributed by atoms with Crippen molar-refractivity contribution in [3.63, 3.8) is 0 Å². The van der Waals surface area contributed by atoms with Gasteiger partial charge in [-0.05, 0) is 41.8 Å². The molecule has 0 bridgehead atoms. The van der Waals surface area contributed by atoms with Crippen LogP contribution in [-0.2, 0) is 4.79 Å². The maximum atomic E-state index is 12.2. The zero-order valence-electron chi connectivity index (χ0n) is 13.6. The molecular formula is C19H18N2O3. The standard InChI is InChI=1S/C19H18N2O3/c1-13(2)19(15-7-9-20-10-8-15)21-18(22)6-4-14-3-5-16-17(11-14)24-12-23-16/h3,5,7-11,13,19H,12H2,1-2H3,(H,21,22)/t19-/m1/s1. The van der Waals surface area contributed by atoms with Crippen LogP contribution in [0.25, 0.3) is 0 Å². The Kier molecular flexibility index (Phi) is 4.66. The monoisotopic (exact) mass is 322 g/mol. The summed E-state index contributed by atoms with van der Waals surface area (Å²) in [7, 11) is 0. The Morgan fingerprint density at radius 3 is 2.67 bits per heavy atom. The third-order valence-corrected chi connectivity index (χ3v) is 3.71. The molecule has 0 spiro atoms. The number of ether oxygens (including phenoxy) is 2. The fraction of sp³-hybridized carbons (Fsp3) is 0.263. The van der Waals surface area contributed by atoms with Gasteiger partial charge in [0.2, 0.25) is 6.79 Å². The molecule has 1 atom stereocenters. The number of nitrogens with zero attached hydrogens (tertiary/aromatic N) is 1. The Morgan fingerprint density at radius 1 is 1.17 bits per heavy atom. The van der Waals surface area contributed by atoms with E-state index in [1.165, 1.54) is 0 Å². The molecule has 0 saturated carbocycles. The molecule has 2 aromatic rings. The molecule has 0 unspecified atom stereocenters. The molecule has 1 aliphatic heterocycles. The van der Waals surface area contributed by atoms with E-state index < -0.39 is 0 Å². The molecule has 24 heavy (non-hydrogen) atoms. The second-order valence-electron chi connectivity index (χ2n) is 5.79. The Bertz CT molecular complexity index is 791. The van der Waals surface area contributed by atoms with Crippen LogP contribution in [0, 0.1) is 17.8 Å². The van der Waals surface area contributed by atoms with Crippen LogP contribution in [0.5, 0.6) is 11.5 Å². The van der Waals surface area contributed by atoms with Gasteiger partial charge in [0.15, 0.2) is 11.5 Å². The van der Waals surface area contributed by atoms with Crippen molar-refractivity contribution < 1.29 is 14.3 Å². The third-order valence-electron chi connectivity index (χ3n) is 3.71. The summed E-state index contributed by atoms with van der Waals surface area (Å²) in [5.41, 5.74) is 1.72. The Labute approximate surface area is 141 Å². The molecule has 0 radical (unpaired) electrons. The number of amides is 1. The van der Waals surface area contributed by atoms with Crippen LogP contribution < -0.4 is 14.8 Å². The van der Waals surface area contributed by atoms with Crippen molar-refractivity contribution in [3.8, 4) is 23.3 Å². The summed E-state index contributed by atoms with van der Waals surface area (Å²) in [4.78, 5) is 16.2. The van der Waals surface area contributed by atoms with Crippen molar-refractivity contribution in [1.29, 1.82) is 0 Å². The van der Waals surface area contributed by atoms with Gasteiger partial charge < -0.3 is 14.8 Å². The van der Waals surface area contributed by atoms with Gasteiger partial charge in [0.05, 0.1) is 6.04 Å². The summed E-state index contributed by atoms with van der Waals surface area (Å²) in [6.45, 7) is 4.32. The second-order valence-corrected chi connectivity index (χ2v) is 5.79. The summed E-state index contributed by atoms with van der Waals surface area (Å²) in [6, 6.07) is 9.05. The van der Waals surface area contributed by atoms with E-state index in [1.807, 2.05) is 12.1 Å². The molecule has 3 rings (SSSR count). The van der Waals surface area contributed by atoms with E-state index in [2.05, 4.69) is 36.0 Å². The molecule has 1 N–H and O–H groups in total. The number of carbonyl (C=O) groups is 1. The van der Waals surface area contributed by atoms with Crippen LogP contribution in [-0.4, -0.2) is 17.7 Å². The number of rotatable bonds is 3. The van der Waals surface area contributed by atoms with Gasteiger partial charge in [-0.2, -0.15) is 0 Å². The van der Waals surface area contributed by atoms with E-state index in [4.69, 9.17) is 9.47 Å². The first kappa shape index (κ1) is 15.9. The molecule has 1 amide bonds. The fourth-order valence-electron chi connectivity index (χ4n) is 2.49. The molecule has 1 aromatic heterocycles. The average molecular weight is 322 g/mol. The van der Waals surface area contributed by atoms with E-state index in [1.54, 1.807) is 30.6 Å². The minimum Gasteiger partial charge on any atom is -0.454 e. The molecular weight excluding hydrogens is 304 g/mol. The third kappa shape index (κ3) is 3.66. The van der Waals surface area contributed by atoms with Crippen LogP contribution in [0.15, 0.2) is 42.7 Å². The molecule has 0 aliphatic carbocycles. The van der Waals surface area contributed by atoms with E-state index in [9.17, 15) is 4.79 Å². The number of carbonyl (C=O) groups excluding carboxylic acids is 1. The van der Waals surface area contributed by atoms with Crippen molar-refractivity contribution in [2.75, 3.05) is 6.79 Å². The SMILES string of the molecule is CC(C)[C@@H](NC(=O)C#Cc1ccc2c(c1)OCO2)c1ccncc1. The van der Waals surface area contributed by atoms with Crippen LogP contribution in [0.2, 0.25) is 0 Å². The lowest BCUT2D eigenvalue weighted by molar-refractivity contribution is -0.116. The smallest absolute Gasteiger partial charge is 0.296 e. The number of aromatic nitrogens is 1. The van der Waals surface area contributed by atoms with Crippen molar-refractivity contribution in [2.45, 2.75) is 19.9 Å². The highest BCUT2D eigenvalue weighted by atomic mass is 16.7. The zero-order chi connectivity index (χ0) is 16.9. The number of nitrogens with one attached hydrogen (secondary N) is 1. The number of benzene rings is 1. The molecule has 1 aromatic carbocycles. The second kappa shape index (κ2) is 7.05. The molecule has 1 aliphatic rings. The van der Waals surface area contributed by atoms with E-state index >= 15 is 0 Å². The van der Waals surface area contributed by atoms with E-state index in [-0.39, 0.29) is 24.7 Å². The molecule has 5 nitrogen and oxygen atoms in total. The molecule has 5 heteroatoms. The van der Waals surface area contributed by atoms with Crippen molar-refractivity contribution >= 4 is 5.91 Å². The number of fused-ring (bicyclic) bond motifs is 1. The summed E-state index contributed by atoms with van der Waals surface area (Å²) >= 11 is 0. The molecule has 2 heterocycles. The van der Waals surface area contributed by atoms with Gasteiger partial charge in [-0.1, -0.05) is 19.8 Å². The van der Waals surface area contributed by atoms with Gasteiger partial charge in [-0.25, -0.2) is 0 Å². The first-order valence-corrected chi connectivity index (χ1v) is 7.75. The fourth-order valence-corrected chi connectivity index (χ4v) is 2.49. The summed E-state index contributed by atoms with van der Waals surface area (Å²) < 4.78 is 10.6. The van der Waals surface area contributed by atoms with Crippen LogP contribution in [0.4, 0.5) is 0 Å². The lowest BCUT2D eigenvalue weighted by Crippen LogP contribution is -2.30. The van der Waals surface area contributed by atoms with Crippen molar-refractivity contribution in [2.24, 2.45) is 5.92 Å². The number of pyridine rings is 1. The molecule has 122 valence electrons. The Morgan fingerprint density at radius 2 is 1.92 bits per heavy atom. The van der Waals surface area contributed by atoms with E-state index in [0.717, 1.165) is 5.56 Å². The topological polar surface area (TPSA) is 60.5 Å². The first-order valence-electron chi connectivity index (χ1n) is 7.75. The summed E-state index contributed by atoms with van der Waals surface area (Å²) in [5.74, 6) is 6.76. The largest absolute Gasteiger partial charge is 0.454 e. The van der Waals surface area contributed by atoms with E-state index in [0.29, 0.717) is 17.1 Å². The first-order chi connectivity index (χ1) is 11.6. The predicted molar refractivity (Wildman–Crippen MR) is 89.4 cm³/mol. The average Bonchev–Trinajstić information content (AvgIpc) is 3.06. The maximum absolute atomic E-state index is 12.2. The highest BCUT2D eigenvalue weighted by Gasteiger charge is 2.17. The highest BCUT2D eigenvalue weighted by molar-refractivity contribution is 5.94. The number of hydrogen-bond donors (Lipinski definition) is 1. The predicted octanol–water partition coefficient (Wildman–Crippen LogP) is 2.68. The quantitative estimate of drug-likeness (QED) is 0.883. The Balaban J connectivity index is 1.71. The lowest BCUT2D eigenvalue weighted by atomic mass is 9.97. The minimum atomic E-state index is -0.317. The highest BCUT2D eigenvalue weighted by Crippen LogP contribution is 2.32. The van der Waals surface area contributed by atoms with Gasteiger partial charge >= 0.3 is 0 Å². The molecule has 0 fully saturated rings. The van der Waals surface area contributed by atoms with Crippen LogP contribution in [0.1, 0.15) is 31.0 Å². The Hall–Kier alpha value is -3.00. The van der Waals surface area contributed by atoms with Crippen molar-refractivity contribution in [3.05, 3.63) is 53.9 Å². The minimum absolute atomic E-state index is 0.105. The zero-order valence-corrected chi connectivity index (χ0v) is 13.6. The van der Waals surface area contributed by atoms with Crippen molar-refractivity contribution in [1.82, 2.24) is 10.3 Å². The summed E-state index contributed by atoms with van der Waals surface area (Å²) in [5, 5.41) is 2.96. The van der Waals surface area contributed by atoms with Gasteiger partial charge in [0, 0.05) is 23.9 Å². The van der Waals surface area contributed by atoms with Gasteiger partial charge in [0.1, 0.15) is 0 Å². The van der Waals surface area contributed by atoms with Gasteiger partial charge in [0.25, 0.3) is 5.91 Å². The normalized spacial score (nSPS) is 13.1. The van der Waals surface area contributed by atoms with Gasteiger partial charge in [-0.3, -0.25) is 9.78 Å². The van der Waals surface area contributed by atoms with Crippen LogP contribution in [0.3, 0.4) is 0 Å². The van der Waals surface area contributed by atoms with Gasteiger partial charge in [-0.15, -0.1) is 0 Å². The summed E-state index contributed by atoms with van der Waals surface area (Å²) in [6.07, 6.45) is 3.43. The molecule has 0 saturated heterocycles. The number of hydrogen-bond acceptors (Lipinski definition) is 4.